The van der Waals surface area contributed by atoms with Crippen molar-refractivity contribution >= 4 is 6.09 Å². The minimum atomic E-state index is -0.218. The van der Waals surface area contributed by atoms with Gasteiger partial charge in [0.1, 0.15) is 5.60 Å². The summed E-state index contributed by atoms with van der Waals surface area (Å²) < 4.78 is 5.50. The van der Waals surface area contributed by atoms with Crippen LogP contribution in [0.1, 0.15) is 19.3 Å². The third-order valence-electron chi connectivity index (χ3n) is 3.93. The summed E-state index contributed by atoms with van der Waals surface area (Å²) in [5.41, 5.74) is -0.159. The molecule has 3 saturated heterocycles. The van der Waals surface area contributed by atoms with Crippen molar-refractivity contribution in [2.45, 2.75) is 24.9 Å². The Morgan fingerprint density at radius 2 is 2.43 bits per heavy atom. The Bertz CT molecular complexity index is 269. The van der Waals surface area contributed by atoms with Crippen LogP contribution in [0.3, 0.4) is 0 Å². The number of hydrogen-bond donors (Lipinski definition) is 1. The molecule has 0 aromatic carbocycles. The quantitative estimate of drug-likeness (QED) is 0.616. The summed E-state index contributed by atoms with van der Waals surface area (Å²) >= 11 is 0. The van der Waals surface area contributed by atoms with Crippen molar-refractivity contribution in [3.63, 3.8) is 0 Å². The first-order valence-electron chi connectivity index (χ1n) is 5.48. The molecule has 3 aliphatic rings. The maximum absolute atomic E-state index is 11.1. The van der Waals surface area contributed by atoms with Crippen LogP contribution in [0, 0.1) is 5.92 Å². The van der Waals surface area contributed by atoms with E-state index in [2.05, 4.69) is 10.2 Å². The second-order valence-corrected chi connectivity index (χ2v) is 4.70. The van der Waals surface area contributed by atoms with E-state index < -0.39 is 0 Å². The third-order valence-corrected chi connectivity index (χ3v) is 3.93. The van der Waals surface area contributed by atoms with Crippen LogP contribution in [-0.4, -0.2) is 42.8 Å². The van der Waals surface area contributed by atoms with Crippen LogP contribution in [-0.2, 0) is 4.74 Å². The molecule has 0 saturated carbocycles. The predicted molar refractivity (Wildman–Crippen MR) is 51.0 cm³/mol. The van der Waals surface area contributed by atoms with Gasteiger partial charge in [-0.1, -0.05) is 0 Å². The molecular weight excluding hydrogens is 180 g/mol. The number of nitrogens with one attached hydrogen (secondary N) is 1. The summed E-state index contributed by atoms with van der Waals surface area (Å²) in [6.45, 7) is 4.17. The number of alkyl carbamates (subject to hydrolysis) is 1. The Morgan fingerprint density at radius 3 is 3.21 bits per heavy atom. The summed E-state index contributed by atoms with van der Waals surface area (Å²) in [5, 5.41) is 2.80. The van der Waals surface area contributed by atoms with Crippen molar-refractivity contribution in [2.75, 3.05) is 26.2 Å². The molecular formula is C10H16N2O2. The van der Waals surface area contributed by atoms with Crippen molar-refractivity contribution in [3.8, 4) is 0 Å². The van der Waals surface area contributed by atoms with Gasteiger partial charge in [0.05, 0.1) is 6.54 Å². The van der Waals surface area contributed by atoms with Crippen LogP contribution in [0.4, 0.5) is 4.79 Å². The lowest BCUT2D eigenvalue weighted by Crippen LogP contribution is -2.56. The van der Waals surface area contributed by atoms with Gasteiger partial charge in [0.2, 0.25) is 0 Å². The van der Waals surface area contributed by atoms with E-state index >= 15 is 0 Å². The minimum absolute atomic E-state index is 0.159. The lowest BCUT2D eigenvalue weighted by molar-refractivity contribution is -0.0669. The van der Waals surface area contributed by atoms with Gasteiger partial charge in [-0.05, 0) is 19.4 Å². The zero-order valence-electron chi connectivity index (χ0n) is 8.29. The molecule has 78 valence electrons. The molecule has 3 heterocycles. The summed E-state index contributed by atoms with van der Waals surface area (Å²) in [6.07, 6.45) is 3.26. The molecule has 2 bridgehead atoms. The number of amides is 1. The third kappa shape index (κ3) is 1.13. The van der Waals surface area contributed by atoms with Crippen LogP contribution in [0.25, 0.3) is 0 Å². The summed E-state index contributed by atoms with van der Waals surface area (Å²) in [7, 11) is 0. The molecule has 0 aromatic rings. The van der Waals surface area contributed by atoms with Gasteiger partial charge in [0, 0.05) is 25.4 Å². The number of carbonyl (C=O) groups excluding carboxylic acids is 1. The van der Waals surface area contributed by atoms with Gasteiger partial charge < -0.3 is 15.0 Å². The van der Waals surface area contributed by atoms with Crippen LogP contribution in [0.15, 0.2) is 0 Å². The van der Waals surface area contributed by atoms with Gasteiger partial charge in [-0.25, -0.2) is 4.79 Å². The summed E-state index contributed by atoms with van der Waals surface area (Å²) in [6, 6.07) is 0. The molecule has 3 fully saturated rings. The second kappa shape index (κ2) is 2.86. The fourth-order valence-corrected chi connectivity index (χ4v) is 3.09. The fraction of sp³-hybridized carbons (Fsp3) is 0.900. The number of rotatable bonds is 0. The van der Waals surface area contributed by atoms with Crippen LogP contribution in [0.2, 0.25) is 0 Å². The largest absolute Gasteiger partial charge is 0.441 e. The normalized spacial score (nSPS) is 46.1. The van der Waals surface area contributed by atoms with E-state index in [9.17, 15) is 4.79 Å². The molecule has 3 unspecified atom stereocenters. The number of piperidine rings is 2. The minimum Gasteiger partial charge on any atom is -0.441 e. The lowest BCUT2D eigenvalue weighted by atomic mass is 9.76. The molecule has 4 heteroatoms. The molecule has 3 atom stereocenters. The van der Waals surface area contributed by atoms with Crippen molar-refractivity contribution in [1.29, 1.82) is 0 Å². The number of carbonyl (C=O) groups is 1. The first-order valence-corrected chi connectivity index (χ1v) is 5.48. The first kappa shape index (κ1) is 8.53. The Morgan fingerprint density at radius 1 is 1.50 bits per heavy atom. The SMILES string of the molecule is O=C1NCC2(CCN3CCCC2C3)O1. The van der Waals surface area contributed by atoms with Gasteiger partial charge in [0.25, 0.3) is 0 Å². The molecule has 0 aliphatic carbocycles. The molecule has 3 aliphatic heterocycles. The lowest BCUT2D eigenvalue weighted by Gasteiger charge is -2.47. The van der Waals surface area contributed by atoms with Crippen molar-refractivity contribution < 1.29 is 9.53 Å². The highest BCUT2D eigenvalue weighted by molar-refractivity contribution is 5.70. The van der Waals surface area contributed by atoms with Crippen molar-refractivity contribution in [1.82, 2.24) is 10.2 Å². The van der Waals surface area contributed by atoms with Crippen molar-refractivity contribution in [3.05, 3.63) is 0 Å². The second-order valence-electron chi connectivity index (χ2n) is 4.70. The number of ether oxygens (including phenoxy) is 1. The molecule has 3 rings (SSSR count). The topological polar surface area (TPSA) is 41.6 Å². The van der Waals surface area contributed by atoms with E-state index in [1.807, 2.05) is 0 Å². The number of fused-ring (bicyclic) bond motifs is 3. The Balaban J connectivity index is 1.82. The highest BCUT2D eigenvalue weighted by Crippen LogP contribution is 2.39. The molecule has 14 heavy (non-hydrogen) atoms. The van der Waals surface area contributed by atoms with Crippen molar-refractivity contribution in [2.24, 2.45) is 5.92 Å². The zero-order chi connectivity index (χ0) is 9.60. The molecule has 0 aromatic heterocycles. The highest BCUT2D eigenvalue weighted by atomic mass is 16.6. The predicted octanol–water partition coefficient (Wildman–Crippen LogP) is 0.581. The smallest absolute Gasteiger partial charge is 0.407 e. The van der Waals surface area contributed by atoms with Gasteiger partial charge in [-0.2, -0.15) is 0 Å². The fourth-order valence-electron chi connectivity index (χ4n) is 3.09. The summed E-state index contributed by atoms with van der Waals surface area (Å²) in [4.78, 5) is 13.6. The van der Waals surface area contributed by atoms with Crippen LogP contribution >= 0.6 is 0 Å². The van der Waals surface area contributed by atoms with E-state index in [1.54, 1.807) is 0 Å². The van der Waals surface area contributed by atoms with Gasteiger partial charge in [-0.15, -0.1) is 0 Å². The number of nitrogens with zero attached hydrogens (tertiary/aromatic N) is 1. The average molecular weight is 196 g/mol. The maximum Gasteiger partial charge on any atom is 0.407 e. The molecule has 4 nitrogen and oxygen atoms in total. The van der Waals surface area contributed by atoms with Gasteiger partial charge >= 0.3 is 6.09 Å². The maximum atomic E-state index is 11.1. The van der Waals surface area contributed by atoms with E-state index in [0.717, 1.165) is 26.1 Å². The monoisotopic (exact) mass is 196 g/mol. The Kier molecular flexibility index (Phi) is 1.74. The molecule has 1 N–H and O–H groups in total. The zero-order valence-corrected chi connectivity index (χ0v) is 8.29. The van der Waals surface area contributed by atoms with Crippen LogP contribution in [0.5, 0.6) is 0 Å². The van der Waals surface area contributed by atoms with E-state index in [1.165, 1.54) is 19.4 Å². The standard InChI is InChI=1S/C10H16N2O2/c13-9-11-7-10(14-9)3-5-12-4-1-2-8(10)6-12/h8H,1-7H2,(H,11,13). The Labute approximate surface area is 83.6 Å². The molecule has 1 amide bonds. The van der Waals surface area contributed by atoms with E-state index in [-0.39, 0.29) is 11.7 Å². The van der Waals surface area contributed by atoms with E-state index in [4.69, 9.17) is 4.74 Å². The first-order chi connectivity index (χ1) is 6.78. The number of hydrogen-bond acceptors (Lipinski definition) is 3. The average Bonchev–Trinajstić information content (AvgIpc) is 2.58. The molecule has 1 spiro atoms. The van der Waals surface area contributed by atoms with Gasteiger partial charge in [-0.3, -0.25) is 0 Å². The highest BCUT2D eigenvalue weighted by Gasteiger charge is 2.50. The van der Waals surface area contributed by atoms with Gasteiger partial charge in [0.15, 0.2) is 0 Å². The van der Waals surface area contributed by atoms with Crippen LogP contribution < -0.4 is 5.32 Å². The summed E-state index contributed by atoms with van der Waals surface area (Å²) in [5.74, 6) is 0.559. The van der Waals surface area contributed by atoms with E-state index in [0.29, 0.717) is 5.92 Å². The molecule has 0 radical (unpaired) electrons. The Hall–Kier alpha value is -0.770.